The lowest BCUT2D eigenvalue weighted by atomic mass is 9.84. The van der Waals surface area contributed by atoms with Crippen LogP contribution in [0.1, 0.15) is 24.0 Å². The fraction of sp³-hybridized carbons (Fsp3) is 0.381. The molecule has 2 fully saturated rings. The van der Waals surface area contributed by atoms with Gasteiger partial charge in [0.1, 0.15) is 37.1 Å². The summed E-state index contributed by atoms with van der Waals surface area (Å²) in [4.78, 5) is 15.3. The zero-order chi connectivity index (χ0) is 19.5. The summed E-state index contributed by atoms with van der Waals surface area (Å²) in [5.41, 5.74) is 0.886. The van der Waals surface area contributed by atoms with Crippen molar-refractivity contribution in [1.82, 2.24) is 4.90 Å². The van der Waals surface area contributed by atoms with Crippen molar-refractivity contribution >= 4 is 30.8 Å². The van der Waals surface area contributed by atoms with E-state index in [9.17, 15) is 4.79 Å². The molecule has 5 rings (SSSR count). The molecule has 1 amide bonds. The molecule has 2 aliphatic heterocycles. The van der Waals surface area contributed by atoms with E-state index in [1.54, 1.807) is 13.2 Å². The van der Waals surface area contributed by atoms with Crippen LogP contribution in [0.5, 0.6) is 11.5 Å². The summed E-state index contributed by atoms with van der Waals surface area (Å²) in [6.07, 6.45) is 1.51. The number of amides is 1. The average Bonchev–Trinajstić information content (AvgIpc) is 3.39. The number of halogens is 1. The largest absolute Gasteiger partial charge is 0.497 e. The monoisotopic (exact) mass is 395 g/mol. The van der Waals surface area contributed by atoms with Gasteiger partial charge >= 0.3 is 0 Å². The first kappa shape index (κ1) is 17.9. The van der Waals surface area contributed by atoms with E-state index in [-0.39, 0.29) is 5.91 Å². The molecule has 1 atom stereocenters. The van der Waals surface area contributed by atoms with Crippen LogP contribution in [-0.2, 0) is 21.6 Å². The summed E-state index contributed by atoms with van der Waals surface area (Å²) in [5.74, 6) is 1.37. The van der Waals surface area contributed by atoms with Crippen molar-refractivity contribution in [3.05, 3.63) is 52.5 Å². The molecule has 1 aliphatic carbocycles. The standard InChI is InChI=1S/C21H19BClNO4/c1-26-15-4-2-13(3-5-15)10-24-19(25)21(6-7-21)28-12-20(24)11-27-18-16(20)8-14(23)9-17(18)22/h2-5,8-9H,6-7,10-12H2,1H3. The lowest BCUT2D eigenvalue weighted by Gasteiger charge is -2.46. The number of hydrogen-bond acceptors (Lipinski definition) is 4. The highest BCUT2D eigenvalue weighted by Crippen LogP contribution is 2.52. The van der Waals surface area contributed by atoms with Crippen LogP contribution < -0.4 is 14.9 Å². The van der Waals surface area contributed by atoms with Crippen LogP contribution in [0, 0.1) is 0 Å². The number of benzene rings is 2. The maximum absolute atomic E-state index is 13.4. The zero-order valence-corrected chi connectivity index (χ0v) is 16.3. The number of carbonyl (C=O) groups excluding carboxylic acids is 1. The van der Waals surface area contributed by atoms with Gasteiger partial charge in [-0.1, -0.05) is 29.2 Å². The van der Waals surface area contributed by atoms with E-state index in [2.05, 4.69) is 0 Å². The van der Waals surface area contributed by atoms with Crippen molar-refractivity contribution in [2.75, 3.05) is 20.3 Å². The van der Waals surface area contributed by atoms with E-state index in [1.807, 2.05) is 35.2 Å². The molecule has 1 unspecified atom stereocenters. The Balaban J connectivity index is 1.58. The van der Waals surface area contributed by atoms with Gasteiger partial charge < -0.3 is 19.1 Å². The molecular formula is C21H19BClNO4. The number of morpholine rings is 1. The Morgan fingerprint density at radius 3 is 2.64 bits per heavy atom. The minimum atomic E-state index is -0.737. The predicted octanol–water partition coefficient (Wildman–Crippen LogP) is 2.32. The maximum Gasteiger partial charge on any atom is 0.256 e. The molecule has 5 nitrogen and oxygen atoms in total. The second-order valence-corrected chi connectivity index (χ2v) is 8.15. The molecule has 2 aromatic rings. The highest BCUT2D eigenvalue weighted by atomic mass is 35.5. The second kappa shape index (κ2) is 6.16. The maximum atomic E-state index is 13.4. The first-order valence-electron chi connectivity index (χ1n) is 9.29. The van der Waals surface area contributed by atoms with Crippen molar-refractivity contribution < 1.29 is 19.0 Å². The molecule has 2 heterocycles. The van der Waals surface area contributed by atoms with E-state index in [0.29, 0.717) is 36.0 Å². The third-order valence-corrected chi connectivity index (χ3v) is 6.20. The van der Waals surface area contributed by atoms with Gasteiger partial charge in [-0.15, -0.1) is 0 Å². The van der Waals surface area contributed by atoms with Gasteiger partial charge in [0.2, 0.25) is 0 Å². The SMILES string of the molecule is [B]c1cc(Cl)cc2c1OCC21COC2(CC2)C(=O)N1Cc1ccc(OC)cc1. The summed E-state index contributed by atoms with van der Waals surface area (Å²) in [6, 6.07) is 11.2. The summed E-state index contributed by atoms with van der Waals surface area (Å²) in [6.45, 7) is 1.11. The second-order valence-electron chi connectivity index (χ2n) is 7.71. The summed E-state index contributed by atoms with van der Waals surface area (Å²) >= 11 is 6.28. The predicted molar refractivity (Wildman–Crippen MR) is 105 cm³/mol. The van der Waals surface area contributed by atoms with Crippen molar-refractivity contribution in [2.45, 2.75) is 30.5 Å². The number of methoxy groups -OCH3 is 1. The molecule has 0 bridgehead atoms. The Hall–Kier alpha value is -2.18. The summed E-state index contributed by atoms with van der Waals surface area (Å²) in [7, 11) is 7.76. The molecule has 0 N–H and O–H groups in total. The number of rotatable bonds is 3. The third-order valence-electron chi connectivity index (χ3n) is 5.98. The van der Waals surface area contributed by atoms with Crippen LogP contribution in [-0.4, -0.2) is 44.6 Å². The molecule has 2 radical (unpaired) electrons. The molecule has 28 heavy (non-hydrogen) atoms. The van der Waals surface area contributed by atoms with Gasteiger partial charge in [0.15, 0.2) is 0 Å². The minimum absolute atomic E-state index is 0.00423. The van der Waals surface area contributed by atoms with Crippen molar-refractivity contribution in [2.24, 2.45) is 0 Å². The molecule has 1 saturated carbocycles. The lowest BCUT2D eigenvalue weighted by molar-refractivity contribution is -0.180. The third kappa shape index (κ3) is 2.55. The zero-order valence-electron chi connectivity index (χ0n) is 15.5. The topological polar surface area (TPSA) is 48.0 Å². The van der Waals surface area contributed by atoms with Crippen LogP contribution in [0.25, 0.3) is 0 Å². The van der Waals surface area contributed by atoms with Crippen LogP contribution in [0.15, 0.2) is 36.4 Å². The number of nitrogens with zero attached hydrogens (tertiary/aromatic N) is 1. The number of fused-ring (bicyclic) bond motifs is 2. The number of carbonyl (C=O) groups is 1. The summed E-state index contributed by atoms with van der Waals surface area (Å²) in [5, 5.41) is 0.518. The number of ether oxygens (including phenoxy) is 3. The highest BCUT2D eigenvalue weighted by Gasteiger charge is 2.63. The van der Waals surface area contributed by atoms with Crippen LogP contribution in [0.2, 0.25) is 5.02 Å². The molecular weight excluding hydrogens is 376 g/mol. The van der Waals surface area contributed by atoms with Gasteiger partial charge in [-0.3, -0.25) is 4.79 Å². The van der Waals surface area contributed by atoms with E-state index in [4.69, 9.17) is 33.7 Å². The van der Waals surface area contributed by atoms with Gasteiger partial charge in [-0.25, -0.2) is 0 Å². The fourth-order valence-electron chi connectivity index (χ4n) is 4.18. The van der Waals surface area contributed by atoms with Gasteiger partial charge in [0.05, 0.1) is 13.7 Å². The van der Waals surface area contributed by atoms with Gasteiger partial charge in [-0.2, -0.15) is 0 Å². The molecule has 2 aromatic carbocycles. The molecule has 0 aromatic heterocycles. The molecule has 3 aliphatic rings. The Morgan fingerprint density at radius 1 is 1.21 bits per heavy atom. The van der Waals surface area contributed by atoms with Crippen LogP contribution >= 0.6 is 11.6 Å². The Kier molecular flexibility index (Phi) is 3.94. The lowest BCUT2D eigenvalue weighted by Crippen LogP contribution is -2.62. The Bertz CT molecular complexity index is 960. The number of hydrogen-bond donors (Lipinski definition) is 0. The van der Waals surface area contributed by atoms with E-state index >= 15 is 0 Å². The summed E-state index contributed by atoms with van der Waals surface area (Å²) < 4.78 is 17.3. The van der Waals surface area contributed by atoms with Crippen LogP contribution in [0.4, 0.5) is 0 Å². The minimum Gasteiger partial charge on any atom is -0.497 e. The molecule has 142 valence electrons. The molecule has 7 heteroatoms. The van der Waals surface area contributed by atoms with E-state index in [1.165, 1.54) is 0 Å². The smallest absolute Gasteiger partial charge is 0.256 e. The highest BCUT2D eigenvalue weighted by molar-refractivity contribution is 6.38. The van der Waals surface area contributed by atoms with Crippen LogP contribution in [0.3, 0.4) is 0 Å². The average molecular weight is 396 g/mol. The van der Waals surface area contributed by atoms with Crippen molar-refractivity contribution in [1.29, 1.82) is 0 Å². The Morgan fingerprint density at radius 2 is 1.96 bits per heavy atom. The van der Waals surface area contributed by atoms with Crippen molar-refractivity contribution in [3.63, 3.8) is 0 Å². The fourth-order valence-corrected chi connectivity index (χ4v) is 4.41. The normalized spacial score (nSPS) is 24.4. The van der Waals surface area contributed by atoms with E-state index < -0.39 is 11.1 Å². The van der Waals surface area contributed by atoms with Crippen molar-refractivity contribution in [3.8, 4) is 11.5 Å². The quantitative estimate of drug-likeness (QED) is 0.749. The first-order valence-corrected chi connectivity index (χ1v) is 9.66. The first-order chi connectivity index (χ1) is 13.5. The van der Waals surface area contributed by atoms with Gasteiger partial charge in [-0.05, 0) is 42.7 Å². The van der Waals surface area contributed by atoms with Gasteiger partial charge in [0, 0.05) is 17.1 Å². The Labute approximate surface area is 169 Å². The van der Waals surface area contributed by atoms with E-state index in [0.717, 1.165) is 29.7 Å². The van der Waals surface area contributed by atoms with Gasteiger partial charge in [0.25, 0.3) is 5.91 Å². The molecule has 1 saturated heterocycles. The molecule has 2 spiro atoms.